The van der Waals surface area contributed by atoms with Crippen molar-refractivity contribution < 1.29 is 38.2 Å². The third kappa shape index (κ3) is 6.53. The van der Waals surface area contributed by atoms with Gasteiger partial charge in [0.25, 0.3) is 0 Å². The van der Waals surface area contributed by atoms with Crippen LogP contribution < -0.4 is 0 Å². The van der Waals surface area contributed by atoms with Gasteiger partial charge in [0.15, 0.2) is 0 Å². The molecule has 8 heteroatoms. The number of carbonyl (C=O) groups excluding carboxylic acids is 6. The highest BCUT2D eigenvalue weighted by molar-refractivity contribution is 6.66. The zero-order valence-electron chi connectivity index (χ0n) is 16.6. The summed E-state index contributed by atoms with van der Waals surface area (Å²) in [5, 5.41) is 0. The number of hydrogen-bond donors (Lipinski definition) is 0. The largest absolute Gasteiger partial charge is 0.454 e. The van der Waals surface area contributed by atoms with Gasteiger partial charge in [0.2, 0.25) is 11.6 Å². The van der Waals surface area contributed by atoms with Gasteiger partial charge < -0.3 is 9.47 Å². The lowest BCUT2D eigenvalue weighted by Gasteiger charge is -2.18. The molecule has 28 heavy (non-hydrogen) atoms. The second-order valence-corrected chi connectivity index (χ2v) is 7.90. The van der Waals surface area contributed by atoms with Crippen molar-refractivity contribution in [3.05, 3.63) is 35.4 Å². The Hall–Kier alpha value is -3.16. The summed E-state index contributed by atoms with van der Waals surface area (Å²) in [6.45, 7) is 9.28. The van der Waals surface area contributed by atoms with E-state index >= 15 is 0 Å². The van der Waals surface area contributed by atoms with Crippen molar-refractivity contribution in [1.82, 2.24) is 0 Å². The standard InChI is InChI=1S/C20H22O8/c1-19(2,3)27-17(25)15(23)13(21)11-7-9-12(10-8-11)14(22)16(24)18(26)28-20(4,5)6/h7-10H,1-6H3. The molecule has 0 N–H and O–H groups in total. The molecule has 0 radical (unpaired) electrons. The predicted octanol–water partition coefficient (Wildman–Crippen LogP) is 1.87. The summed E-state index contributed by atoms with van der Waals surface area (Å²) in [6.07, 6.45) is 0. The van der Waals surface area contributed by atoms with Gasteiger partial charge in [0, 0.05) is 11.1 Å². The molecule has 0 saturated carbocycles. The van der Waals surface area contributed by atoms with Crippen LogP contribution in [0.25, 0.3) is 0 Å². The predicted molar refractivity (Wildman–Crippen MR) is 96.8 cm³/mol. The lowest BCUT2D eigenvalue weighted by atomic mass is 10.0. The molecule has 0 aliphatic carbocycles. The lowest BCUT2D eigenvalue weighted by Crippen LogP contribution is -2.33. The Kier molecular flexibility index (Phi) is 6.74. The number of hydrogen-bond acceptors (Lipinski definition) is 8. The number of ketones is 4. The molecule has 1 aromatic rings. The number of ether oxygens (including phenoxy) is 2. The van der Waals surface area contributed by atoms with E-state index in [4.69, 9.17) is 9.47 Å². The highest BCUT2D eigenvalue weighted by Gasteiger charge is 2.31. The molecule has 0 aromatic heterocycles. The fraction of sp³-hybridized carbons (Fsp3) is 0.400. The summed E-state index contributed by atoms with van der Waals surface area (Å²) in [6, 6.07) is 4.39. The third-order valence-electron chi connectivity index (χ3n) is 2.99. The van der Waals surface area contributed by atoms with E-state index in [2.05, 4.69) is 0 Å². The van der Waals surface area contributed by atoms with Crippen LogP contribution in [0.5, 0.6) is 0 Å². The summed E-state index contributed by atoms with van der Waals surface area (Å²) in [4.78, 5) is 71.2. The van der Waals surface area contributed by atoms with Crippen LogP contribution in [0.1, 0.15) is 62.3 Å². The first-order chi connectivity index (χ1) is 12.6. The van der Waals surface area contributed by atoms with Crippen LogP contribution in [0.3, 0.4) is 0 Å². The Labute approximate surface area is 162 Å². The maximum Gasteiger partial charge on any atom is 0.383 e. The molecule has 0 spiro atoms. The molecular formula is C20H22O8. The highest BCUT2D eigenvalue weighted by Crippen LogP contribution is 2.12. The fourth-order valence-corrected chi connectivity index (χ4v) is 1.87. The summed E-state index contributed by atoms with van der Waals surface area (Å²) in [5.74, 6) is -7.55. The molecule has 1 rings (SSSR count). The molecule has 0 unspecified atom stereocenters. The quantitative estimate of drug-likeness (QED) is 0.312. The first kappa shape index (κ1) is 22.9. The van der Waals surface area contributed by atoms with Gasteiger partial charge in [-0.3, -0.25) is 19.2 Å². The van der Waals surface area contributed by atoms with E-state index in [0.717, 1.165) is 24.3 Å². The van der Waals surface area contributed by atoms with E-state index in [1.807, 2.05) is 0 Å². The molecule has 0 amide bonds. The first-order valence-corrected chi connectivity index (χ1v) is 8.36. The maximum atomic E-state index is 12.1. The van der Waals surface area contributed by atoms with E-state index in [9.17, 15) is 28.8 Å². The first-order valence-electron chi connectivity index (χ1n) is 8.36. The molecule has 8 nitrogen and oxygen atoms in total. The van der Waals surface area contributed by atoms with Crippen LogP contribution in [-0.4, -0.2) is 46.3 Å². The van der Waals surface area contributed by atoms with Crippen molar-refractivity contribution >= 4 is 35.1 Å². The van der Waals surface area contributed by atoms with Crippen LogP contribution in [0.4, 0.5) is 0 Å². The Morgan fingerprint density at radius 3 is 1.04 bits per heavy atom. The molecule has 150 valence electrons. The number of benzene rings is 1. The molecule has 0 atom stereocenters. The molecular weight excluding hydrogens is 368 g/mol. The second-order valence-electron chi connectivity index (χ2n) is 7.90. The zero-order chi connectivity index (χ0) is 21.9. The van der Waals surface area contributed by atoms with E-state index in [0.29, 0.717) is 0 Å². The Morgan fingerprint density at radius 2 is 0.821 bits per heavy atom. The van der Waals surface area contributed by atoms with Crippen LogP contribution >= 0.6 is 0 Å². The minimum atomic E-state index is -1.36. The molecule has 1 aromatic carbocycles. The van der Waals surface area contributed by atoms with Gasteiger partial charge in [0.05, 0.1) is 0 Å². The second kappa shape index (κ2) is 8.24. The van der Waals surface area contributed by atoms with Crippen molar-refractivity contribution in [2.75, 3.05) is 0 Å². The van der Waals surface area contributed by atoms with Gasteiger partial charge in [-0.05, 0) is 41.5 Å². The van der Waals surface area contributed by atoms with Gasteiger partial charge in [0.1, 0.15) is 11.2 Å². The van der Waals surface area contributed by atoms with Gasteiger partial charge in [-0.2, -0.15) is 0 Å². The molecule has 0 aliphatic heterocycles. The van der Waals surface area contributed by atoms with Crippen molar-refractivity contribution in [3.63, 3.8) is 0 Å². The van der Waals surface area contributed by atoms with Crippen molar-refractivity contribution in [1.29, 1.82) is 0 Å². The molecule has 0 bridgehead atoms. The van der Waals surface area contributed by atoms with Gasteiger partial charge in [-0.25, -0.2) is 9.59 Å². The molecule has 0 saturated heterocycles. The third-order valence-corrected chi connectivity index (χ3v) is 2.99. The van der Waals surface area contributed by atoms with E-state index in [1.54, 1.807) is 41.5 Å². The monoisotopic (exact) mass is 390 g/mol. The summed E-state index contributed by atoms with van der Waals surface area (Å²) in [5.41, 5.74) is -2.22. The van der Waals surface area contributed by atoms with Crippen LogP contribution in [0.2, 0.25) is 0 Å². The number of esters is 2. The molecule has 0 heterocycles. The van der Waals surface area contributed by atoms with Crippen molar-refractivity contribution in [3.8, 4) is 0 Å². The zero-order valence-corrected chi connectivity index (χ0v) is 16.6. The molecule has 0 aliphatic rings. The van der Waals surface area contributed by atoms with Crippen LogP contribution in [0, 0.1) is 0 Å². The SMILES string of the molecule is CC(C)(C)OC(=O)C(=O)C(=O)c1ccc(C(=O)C(=O)C(=O)OC(C)(C)C)cc1. The van der Waals surface area contributed by atoms with E-state index < -0.39 is 46.3 Å². The van der Waals surface area contributed by atoms with Crippen LogP contribution in [-0.2, 0) is 28.7 Å². The van der Waals surface area contributed by atoms with Crippen LogP contribution in [0.15, 0.2) is 24.3 Å². The normalized spacial score (nSPS) is 11.4. The minimum absolute atomic E-state index is 0.169. The minimum Gasteiger partial charge on any atom is -0.454 e. The Balaban J connectivity index is 2.90. The van der Waals surface area contributed by atoms with Crippen molar-refractivity contribution in [2.45, 2.75) is 52.7 Å². The maximum absolute atomic E-state index is 12.1. The summed E-state index contributed by atoms with van der Waals surface area (Å²) < 4.78 is 9.68. The number of Topliss-reactive ketones (excluding diaryl/α,β-unsaturated/α-hetero) is 4. The van der Waals surface area contributed by atoms with Crippen molar-refractivity contribution in [2.24, 2.45) is 0 Å². The molecule has 0 fully saturated rings. The van der Waals surface area contributed by atoms with Gasteiger partial charge >= 0.3 is 23.5 Å². The summed E-state index contributed by atoms with van der Waals surface area (Å²) in [7, 11) is 0. The van der Waals surface area contributed by atoms with E-state index in [-0.39, 0.29) is 11.1 Å². The number of carbonyl (C=O) groups is 6. The number of rotatable bonds is 6. The smallest absolute Gasteiger partial charge is 0.383 e. The topological polar surface area (TPSA) is 121 Å². The van der Waals surface area contributed by atoms with Gasteiger partial charge in [-0.1, -0.05) is 24.3 Å². The van der Waals surface area contributed by atoms with E-state index in [1.165, 1.54) is 0 Å². The average molecular weight is 390 g/mol. The van der Waals surface area contributed by atoms with Gasteiger partial charge in [-0.15, -0.1) is 0 Å². The Bertz CT molecular complexity index is 761. The average Bonchev–Trinajstić information content (AvgIpc) is 2.56. The summed E-state index contributed by atoms with van der Waals surface area (Å²) >= 11 is 0. The Morgan fingerprint density at radius 1 is 0.571 bits per heavy atom. The lowest BCUT2D eigenvalue weighted by molar-refractivity contribution is -0.160. The fourth-order valence-electron chi connectivity index (χ4n) is 1.87. The highest BCUT2D eigenvalue weighted by atomic mass is 16.6.